The largest absolute Gasteiger partial charge is 0.466 e. The number of rotatable bonds is 9. The molecule has 3 atom stereocenters. The minimum atomic E-state index is -0.110. The van der Waals surface area contributed by atoms with Crippen molar-refractivity contribution in [2.45, 2.75) is 78.2 Å². The first kappa shape index (κ1) is 19.8. The zero-order valence-electron chi connectivity index (χ0n) is 15.0. The Morgan fingerprint density at radius 3 is 2.57 bits per heavy atom. The second-order valence-corrected chi connectivity index (χ2v) is 6.74. The molecule has 2 amide bonds. The highest BCUT2D eigenvalue weighted by molar-refractivity contribution is 5.74. The topological polar surface area (TPSA) is 67.4 Å². The molecule has 1 aliphatic carbocycles. The predicted molar refractivity (Wildman–Crippen MR) is 92.2 cm³/mol. The highest BCUT2D eigenvalue weighted by Crippen LogP contribution is 2.29. The highest BCUT2D eigenvalue weighted by Gasteiger charge is 2.27. The van der Waals surface area contributed by atoms with Crippen LogP contribution < -0.4 is 10.6 Å². The van der Waals surface area contributed by atoms with Crippen LogP contribution in [0, 0.1) is 11.8 Å². The van der Waals surface area contributed by atoms with Gasteiger partial charge in [0.1, 0.15) is 0 Å². The third-order valence-electron chi connectivity index (χ3n) is 4.92. The van der Waals surface area contributed by atoms with E-state index in [4.69, 9.17) is 4.74 Å². The molecule has 0 radical (unpaired) electrons. The summed E-state index contributed by atoms with van der Waals surface area (Å²) in [5.74, 6) is 1.13. The number of nitrogens with one attached hydrogen (secondary N) is 2. The first-order valence-electron chi connectivity index (χ1n) is 9.24. The highest BCUT2D eigenvalue weighted by atomic mass is 16.5. The molecule has 0 bridgehead atoms. The van der Waals surface area contributed by atoms with Crippen LogP contribution in [-0.4, -0.2) is 31.2 Å². The minimum absolute atomic E-state index is 0.0394. The number of unbranched alkanes of at least 4 members (excludes halogenated alkanes) is 3. The molecular weight excluding hydrogens is 292 g/mol. The second kappa shape index (κ2) is 11.3. The number of urea groups is 1. The van der Waals surface area contributed by atoms with Crippen molar-refractivity contribution in [1.82, 2.24) is 10.6 Å². The zero-order chi connectivity index (χ0) is 17.1. The Labute approximate surface area is 140 Å². The van der Waals surface area contributed by atoms with Gasteiger partial charge in [0.05, 0.1) is 6.61 Å². The summed E-state index contributed by atoms with van der Waals surface area (Å²) >= 11 is 0. The van der Waals surface area contributed by atoms with Crippen LogP contribution in [0.3, 0.4) is 0 Å². The standard InChI is InChI=1S/C18H34N2O3/c1-4-23-17(21)12-7-5-6-8-13-19-18(22)20-16-11-9-10-14(2)15(16)3/h14-16H,4-13H2,1-3H3,(H2,19,20,22). The molecule has 1 aliphatic rings. The van der Waals surface area contributed by atoms with E-state index in [-0.39, 0.29) is 12.0 Å². The average Bonchev–Trinajstić information content (AvgIpc) is 2.51. The van der Waals surface area contributed by atoms with Crippen LogP contribution in [0.1, 0.15) is 72.1 Å². The molecule has 1 rings (SSSR count). The van der Waals surface area contributed by atoms with Gasteiger partial charge in [-0.2, -0.15) is 0 Å². The molecule has 5 heteroatoms. The molecule has 0 heterocycles. The maximum atomic E-state index is 11.9. The number of hydrogen-bond acceptors (Lipinski definition) is 3. The van der Waals surface area contributed by atoms with Crippen molar-refractivity contribution in [3.63, 3.8) is 0 Å². The molecule has 0 spiro atoms. The normalized spacial score (nSPS) is 24.0. The van der Waals surface area contributed by atoms with Gasteiger partial charge in [0.15, 0.2) is 0 Å². The first-order valence-corrected chi connectivity index (χ1v) is 9.24. The van der Waals surface area contributed by atoms with Crippen molar-refractivity contribution < 1.29 is 14.3 Å². The monoisotopic (exact) mass is 326 g/mol. The fourth-order valence-corrected chi connectivity index (χ4v) is 3.19. The van der Waals surface area contributed by atoms with Gasteiger partial charge in [-0.15, -0.1) is 0 Å². The summed E-state index contributed by atoms with van der Waals surface area (Å²) in [6.45, 7) is 7.48. The van der Waals surface area contributed by atoms with Gasteiger partial charge < -0.3 is 15.4 Å². The zero-order valence-corrected chi connectivity index (χ0v) is 15.0. The number of ether oxygens (including phenoxy) is 1. The Morgan fingerprint density at radius 2 is 1.83 bits per heavy atom. The molecule has 0 aromatic heterocycles. The SMILES string of the molecule is CCOC(=O)CCCCCCNC(=O)NC1CCCC(C)C1C. The fraction of sp³-hybridized carbons (Fsp3) is 0.889. The van der Waals surface area contributed by atoms with Gasteiger partial charge in [-0.1, -0.05) is 39.5 Å². The lowest BCUT2D eigenvalue weighted by Gasteiger charge is -2.34. The summed E-state index contributed by atoms with van der Waals surface area (Å²) in [6, 6.07) is 0.269. The Balaban J connectivity index is 2.01. The summed E-state index contributed by atoms with van der Waals surface area (Å²) in [7, 11) is 0. The first-order chi connectivity index (χ1) is 11.0. The second-order valence-electron chi connectivity index (χ2n) is 6.74. The van der Waals surface area contributed by atoms with Gasteiger partial charge in [-0.25, -0.2) is 4.79 Å². The summed E-state index contributed by atoms with van der Waals surface area (Å²) in [5.41, 5.74) is 0. The number of amides is 2. The van der Waals surface area contributed by atoms with E-state index in [1.54, 1.807) is 0 Å². The molecule has 5 nitrogen and oxygen atoms in total. The summed E-state index contributed by atoms with van der Waals surface area (Å²) < 4.78 is 4.89. The quantitative estimate of drug-likeness (QED) is 0.502. The van der Waals surface area contributed by atoms with Gasteiger partial charge in [0, 0.05) is 19.0 Å². The van der Waals surface area contributed by atoms with E-state index < -0.39 is 0 Å². The van der Waals surface area contributed by atoms with E-state index >= 15 is 0 Å². The van der Waals surface area contributed by atoms with Crippen LogP contribution in [0.15, 0.2) is 0 Å². The van der Waals surface area contributed by atoms with Crippen molar-refractivity contribution in [1.29, 1.82) is 0 Å². The fourth-order valence-electron chi connectivity index (χ4n) is 3.19. The molecule has 2 N–H and O–H groups in total. The van der Waals surface area contributed by atoms with Gasteiger partial charge >= 0.3 is 12.0 Å². The Hall–Kier alpha value is -1.26. The Bertz CT molecular complexity index is 360. The van der Waals surface area contributed by atoms with Crippen LogP contribution in [0.2, 0.25) is 0 Å². The average molecular weight is 326 g/mol. The lowest BCUT2D eigenvalue weighted by Crippen LogP contribution is -2.48. The summed E-state index contributed by atoms with van der Waals surface area (Å²) in [5, 5.41) is 6.06. The van der Waals surface area contributed by atoms with E-state index in [2.05, 4.69) is 24.5 Å². The lowest BCUT2D eigenvalue weighted by atomic mass is 9.78. The number of carbonyl (C=O) groups is 2. The molecule has 0 saturated heterocycles. The van der Waals surface area contributed by atoms with Crippen LogP contribution >= 0.6 is 0 Å². The van der Waals surface area contributed by atoms with Gasteiger partial charge in [0.2, 0.25) is 0 Å². The van der Waals surface area contributed by atoms with Gasteiger partial charge in [-0.05, 0) is 38.0 Å². The minimum Gasteiger partial charge on any atom is -0.466 e. The van der Waals surface area contributed by atoms with Crippen LogP contribution in [0.5, 0.6) is 0 Å². The van der Waals surface area contributed by atoms with Crippen LogP contribution in [0.25, 0.3) is 0 Å². The third kappa shape index (κ3) is 8.24. The lowest BCUT2D eigenvalue weighted by molar-refractivity contribution is -0.143. The molecule has 3 unspecified atom stereocenters. The van der Waals surface area contributed by atoms with Crippen molar-refractivity contribution in [3.8, 4) is 0 Å². The van der Waals surface area contributed by atoms with Gasteiger partial charge in [-0.3, -0.25) is 4.79 Å². The smallest absolute Gasteiger partial charge is 0.315 e. The molecule has 0 aromatic carbocycles. The molecule has 0 aliphatic heterocycles. The van der Waals surface area contributed by atoms with E-state index in [1.807, 2.05) is 6.92 Å². The van der Waals surface area contributed by atoms with Crippen LogP contribution in [-0.2, 0) is 9.53 Å². The maximum absolute atomic E-state index is 11.9. The number of carbonyl (C=O) groups excluding carboxylic acids is 2. The Morgan fingerprint density at radius 1 is 1.09 bits per heavy atom. The number of hydrogen-bond donors (Lipinski definition) is 2. The van der Waals surface area contributed by atoms with E-state index in [0.717, 1.165) is 32.1 Å². The maximum Gasteiger partial charge on any atom is 0.315 e. The van der Waals surface area contributed by atoms with Crippen molar-refractivity contribution in [2.24, 2.45) is 11.8 Å². The molecule has 134 valence electrons. The van der Waals surface area contributed by atoms with Crippen LogP contribution in [0.4, 0.5) is 4.79 Å². The van der Waals surface area contributed by atoms with Crippen molar-refractivity contribution in [2.75, 3.05) is 13.2 Å². The molecule has 1 fully saturated rings. The third-order valence-corrected chi connectivity index (χ3v) is 4.92. The van der Waals surface area contributed by atoms with Crippen molar-refractivity contribution in [3.05, 3.63) is 0 Å². The summed E-state index contributed by atoms with van der Waals surface area (Å²) in [4.78, 5) is 23.1. The van der Waals surface area contributed by atoms with E-state index in [0.29, 0.717) is 37.5 Å². The van der Waals surface area contributed by atoms with Crippen molar-refractivity contribution >= 4 is 12.0 Å². The summed E-state index contributed by atoms with van der Waals surface area (Å²) in [6.07, 6.45) is 7.90. The molecular formula is C18H34N2O3. The molecule has 1 saturated carbocycles. The number of esters is 1. The van der Waals surface area contributed by atoms with Gasteiger partial charge in [0.25, 0.3) is 0 Å². The molecule has 23 heavy (non-hydrogen) atoms. The van der Waals surface area contributed by atoms with E-state index in [9.17, 15) is 9.59 Å². The van der Waals surface area contributed by atoms with E-state index in [1.165, 1.54) is 12.8 Å². The predicted octanol–water partition coefficient (Wildman–Crippen LogP) is 3.62. The Kier molecular flexibility index (Phi) is 9.72. The molecule has 0 aromatic rings.